The van der Waals surface area contributed by atoms with Crippen molar-refractivity contribution in [1.29, 1.82) is 0 Å². The van der Waals surface area contributed by atoms with E-state index in [1.165, 1.54) is 28.0 Å². The number of hydrogen-bond acceptors (Lipinski definition) is 5. The van der Waals surface area contributed by atoms with Crippen molar-refractivity contribution >= 4 is 44.9 Å². The van der Waals surface area contributed by atoms with Gasteiger partial charge >= 0.3 is 5.97 Å². The van der Waals surface area contributed by atoms with E-state index in [0.29, 0.717) is 16.2 Å². The van der Waals surface area contributed by atoms with Crippen LogP contribution >= 0.6 is 11.6 Å². The summed E-state index contributed by atoms with van der Waals surface area (Å²) in [5, 5.41) is 7.30. The smallest absolute Gasteiger partial charge is 0.345 e. The van der Waals surface area contributed by atoms with Gasteiger partial charge in [-0.2, -0.15) is 0 Å². The number of fused-ring (bicyclic) bond motifs is 2. The van der Waals surface area contributed by atoms with Gasteiger partial charge in [0.05, 0.1) is 18.3 Å². The second kappa shape index (κ2) is 9.72. The lowest BCUT2D eigenvalue weighted by Gasteiger charge is -2.33. The van der Waals surface area contributed by atoms with Crippen LogP contribution in [0.5, 0.6) is 0 Å². The summed E-state index contributed by atoms with van der Waals surface area (Å²) in [6, 6.07) is 20.5. The zero-order valence-electron chi connectivity index (χ0n) is 19.9. The minimum absolute atomic E-state index is 0.0170. The lowest BCUT2D eigenvalue weighted by atomic mass is 10.0. The first-order valence-corrected chi connectivity index (χ1v) is 12.2. The molecule has 0 aliphatic carbocycles. The average Bonchev–Trinajstić information content (AvgIpc) is 2.88. The Labute approximate surface area is 209 Å². The highest BCUT2D eigenvalue weighted by atomic mass is 35.5. The molecule has 1 N–H and O–H groups in total. The van der Waals surface area contributed by atoms with Crippen molar-refractivity contribution in [3.8, 4) is 0 Å². The Balaban J connectivity index is 1.36. The van der Waals surface area contributed by atoms with Gasteiger partial charge in [-0.3, -0.25) is 9.69 Å². The quantitative estimate of drug-likeness (QED) is 0.390. The number of nitrogens with zero attached hydrogens (tertiary/aromatic N) is 2. The maximum atomic E-state index is 13.1. The number of benzene rings is 3. The topological polar surface area (TPSA) is 63.6 Å². The number of esters is 1. The maximum Gasteiger partial charge on any atom is 0.345 e. The molecule has 5 rings (SSSR count). The lowest BCUT2D eigenvalue weighted by Crippen LogP contribution is -2.39. The first-order chi connectivity index (χ1) is 16.9. The molecule has 35 heavy (non-hydrogen) atoms. The third-order valence-corrected chi connectivity index (χ3v) is 7.14. The standard InChI is InChI=1S/C28H28ClN3O3/c1-31-24-10-9-21(29)16-23(24)26(25(27(31)33)28(34)35-2)30-22-11-13-32(14-12-22)17-18-7-8-19-5-3-4-6-20(19)15-18/h3-10,15-16,22,30H,11-14,17H2,1-2H3. The largest absolute Gasteiger partial charge is 0.465 e. The summed E-state index contributed by atoms with van der Waals surface area (Å²) in [4.78, 5) is 28.1. The number of nitrogens with one attached hydrogen (secondary N) is 1. The average molecular weight is 490 g/mol. The molecule has 1 aliphatic rings. The Morgan fingerprint density at radius 3 is 2.54 bits per heavy atom. The number of likely N-dealkylation sites (tertiary alicyclic amines) is 1. The number of halogens is 1. The number of carbonyl (C=O) groups is 1. The summed E-state index contributed by atoms with van der Waals surface area (Å²) in [6.07, 6.45) is 1.79. The second-order valence-corrected chi connectivity index (χ2v) is 9.58. The number of rotatable bonds is 5. The molecule has 1 aliphatic heterocycles. The Morgan fingerprint density at radius 2 is 1.80 bits per heavy atom. The molecule has 0 atom stereocenters. The molecule has 0 saturated carbocycles. The van der Waals surface area contributed by atoms with E-state index in [1.54, 1.807) is 25.2 Å². The molecule has 0 radical (unpaired) electrons. The van der Waals surface area contributed by atoms with E-state index in [1.807, 2.05) is 0 Å². The van der Waals surface area contributed by atoms with Crippen LogP contribution in [0.2, 0.25) is 5.02 Å². The van der Waals surface area contributed by atoms with Crippen LogP contribution in [0, 0.1) is 0 Å². The van der Waals surface area contributed by atoms with Crippen LogP contribution < -0.4 is 10.9 Å². The summed E-state index contributed by atoms with van der Waals surface area (Å²) < 4.78 is 6.43. The van der Waals surface area contributed by atoms with Crippen molar-refractivity contribution in [2.45, 2.75) is 25.4 Å². The van der Waals surface area contributed by atoms with E-state index in [9.17, 15) is 9.59 Å². The molecule has 0 spiro atoms. The van der Waals surface area contributed by atoms with E-state index >= 15 is 0 Å². The monoisotopic (exact) mass is 489 g/mol. The molecule has 6 nitrogen and oxygen atoms in total. The molecule has 2 heterocycles. The molecule has 1 fully saturated rings. The highest BCUT2D eigenvalue weighted by Crippen LogP contribution is 2.30. The summed E-state index contributed by atoms with van der Waals surface area (Å²) in [5.74, 6) is -0.649. The predicted molar refractivity (Wildman–Crippen MR) is 141 cm³/mol. The maximum absolute atomic E-state index is 13.1. The minimum atomic E-state index is -0.649. The molecular weight excluding hydrogens is 462 g/mol. The van der Waals surface area contributed by atoms with Crippen molar-refractivity contribution in [2.24, 2.45) is 7.05 Å². The second-order valence-electron chi connectivity index (χ2n) is 9.14. The summed E-state index contributed by atoms with van der Waals surface area (Å²) >= 11 is 6.29. The first kappa shape index (κ1) is 23.4. The molecule has 3 aromatic carbocycles. The number of aryl methyl sites for hydroxylation is 1. The van der Waals surface area contributed by atoms with Crippen LogP contribution in [0.25, 0.3) is 21.7 Å². The van der Waals surface area contributed by atoms with E-state index < -0.39 is 5.97 Å². The zero-order chi connectivity index (χ0) is 24.5. The van der Waals surface area contributed by atoms with Gasteiger partial charge in [0.1, 0.15) is 5.56 Å². The minimum Gasteiger partial charge on any atom is -0.465 e. The van der Waals surface area contributed by atoms with Crippen molar-refractivity contribution < 1.29 is 9.53 Å². The third-order valence-electron chi connectivity index (χ3n) is 6.90. The SMILES string of the molecule is COC(=O)c1c(NC2CCN(Cc3ccc4ccccc4c3)CC2)c2cc(Cl)ccc2n(C)c1=O. The Bertz CT molecular complexity index is 1470. The fourth-order valence-corrected chi connectivity index (χ4v) is 5.17. The normalized spacial score (nSPS) is 14.9. The van der Waals surface area contributed by atoms with E-state index in [0.717, 1.165) is 37.9 Å². The first-order valence-electron chi connectivity index (χ1n) is 11.8. The Kier molecular flexibility index (Phi) is 6.50. The van der Waals surface area contributed by atoms with Crippen molar-refractivity contribution in [1.82, 2.24) is 9.47 Å². The Morgan fingerprint density at radius 1 is 1.06 bits per heavy atom. The van der Waals surface area contributed by atoms with Crippen LogP contribution in [0.3, 0.4) is 0 Å². The van der Waals surface area contributed by atoms with Gasteiger partial charge in [-0.15, -0.1) is 0 Å². The number of anilines is 1. The van der Waals surface area contributed by atoms with Gasteiger partial charge in [-0.1, -0.05) is 48.0 Å². The number of hydrogen-bond donors (Lipinski definition) is 1. The Hall–Kier alpha value is -3.35. The van der Waals surface area contributed by atoms with Gasteiger partial charge < -0.3 is 14.6 Å². The van der Waals surface area contributed by atoms with Gasteiger partial charge in [-0.05, 0) is 53.4 Å². The highest BCUT2D eigenvalue weighted by Gasteiger charge is 2.26. The van der Waals surface area contributed by atoms with Gasteiger partial charge in [0.15, 0.2) is 0 Å². The zero-order valence-corrected chi connectivity index (χ0v) is 20.6. The van der Waals surface area contributed by atoms with Crippen LogP contribution in [0.4, 0.5) is 5.69 Å². The molecule has 0 unspecified atom stereocenters. The van der Waals surface area contributed by atoms with E-state index in [2.05, 4.69) is 52.7 Å². The number of pyridine rings is 1. The highest BCUT2D eigenvalue weighted by molar-refractivity contribution is 6.31. The molecule has 7 heteroatoms. The molecular formula is C28H28ClN3O3. The van der Waals surface area contributed by atoms with Crippen LogP contribution in [-0.2, 0) is 18.3 Å². The van der Waals surface area contributed by atoms with Crippen LogP contribution in [0.1, 0.15) is 28.8 Å². The predicted octanol–water partition coefficient (Wildman–Crippen LogP) is 5.21. The van der Waals surface area contributed by atoms with E-state index in [4.69, 9.17) is 16.3 Å². The van der Waals surface area contributed by atoms with Crippen LogP contribution in [0.15, 0.2) is 65.5 Å². The number of piperidine rings is 1. The number of carbonyl (C=O) groups excluding carboxylic acids is 1. The van der Waals surface area contributed by atoms with E-state index in [-0.39, 0.29) is 17.2 Å². The van der Waals surface area contributed by atoms with Gasteiger partial charge in [0.25, 0.3) is 5.56 Å². The molecule has 0 amide bonds. The summed E-state index contributed by atoms with van der Waals surface area (Å²) in [5.41, 5.74) is 2.15. The lowest BCUT2D eigenvalue weighted by molar-refractivity contribution is 0.0599. The van der Waals surface area contributed by atoms with Gasteiger partial charge in [0, 0.05) is 43.1 Å². The van der Waals surface area contributed by atoms with Gasteiger partial charge in [0.2, 0.25) is 0 Å². The molecule has 0 bridgehead atoms. The van der Waals surface area contributed by atoms with Crippen molar-refractivity contribution in [2.75, 3.05) is 25.5 Å². The summed E-state index contributed by atoms with van der Waals surface area (Å²) in [6.45, 7) is 2.73. The van der Waals surface area contributed by atoms with Crippen molar-refractivity contribution in [3.63, 3.8) is 0 Å². The number of ether oxygens (including phenoxy) is 1. The molecule has 1 aromatic heterocycles. The summed E-state index contributed by atoms with van der Waals surface area (Å²) in [7, 11) is 2.94. The van der Waals surface area contributed by atoms with Gasteiger partial charge in [-0.25, -0.2) is 4.79 Å². The molecule has 4 aromatic rings. The van der Waals surface area contributed by atoms with Crippen LogP contribution in [-0.4, -0.2) is 41.7 Å². The number of aromatic nitrogens is 1. The van der Waals surface area contributed by atoms with Crippen molar-refractivity contribution in [3.05, 3.63) is 87.2 Å². The fourth-order valence-electron chi connectivity index (χ4n) is 5.00. The number of methoxy groups -OCH3 is 1. The third kappa shape index (κ3) is 4.64. The fraction of sp³-hybridized carbons (Fsp3) is 0.286. The molecule has 180 valence electrons. The molecule has 1 saturated heterocycles.